The Morgan fingerprint density at radius 2 is 2.00 bits per heavy atom. The molecule has 11 heavy (non-hydrogen) atoms. The third kappa shape index (κ3) is 7.60. The summed E-state index contributed by atoms with van der Waals surface area (Å²) in [5.74, 6) is 0. The fourth-order valence-electron chi connectivity index (χ4n) is 1.01. The van der Waals surface area contributed by atoms with E-state index in [1.165, 1.54) is 31.3 Å². The van der Waals surface area contributed by atoms with Crippen molar-refractivity contribution in [3.05, 3.63) is 12.2 Å². The normalized spacial score (nSPS) is 10.0. The summed E-state index contributed by atoms with van der Waals surface area (Å²) in [6.07, 6.45) is 4.93. The molecule has 0 bridgehead atoms. The molecule has 0 aliphatic carbocycles. The minimum atomic E-state index is 1.01. The van der Waals surface area contributed by atoms with Gasteiger partial charge in [-0.3, -0.25) is 0 Å². The van der Waals surface area contributed by atoms with Gasteiger partial charge in [-0.05, 0) is 19.4 Å². The van der Waals surface area contributed by atoms with Crippen LogP contribution < -0.4 is 5.32 Å². The van der Waals surface area contributed by atoms with Crippen molar-refractivity contribution in [2.75, 3.05) is 13.1 Å². The average molecular weight is 155 g/mol. The van der Waals surface area contributed by atoms with E-state index in [-0.39, 0.29) is 0 Å². The van der Waals surface area contributed by atoms with Gasteiger partial charge >= 0.3 is 0 Å². The number of hydrogen-bond acceptors (Lipinski definition) is 1. The topological polar surface area (TPSA) is 12.0 Å². The lowest BCUT2D eigenvalue weighted by Gasteiger charge is -2.05. The Labute approximate surface area is 70.9 Å². The van der Waals surface area contributed by atoms with E-state index in [0.29, 0.717) is 0 Å². The van der Waals surface area contributed by atoms with E-state index in [1.807, 2.05) is 0 Å². The molecule has 0 heterocycles. The van der Waals surface area contributed by atoms with Gasteiger partial charge in [0.1, 0.15) is 0 Å². The van der Waals surface area contributed by atoms with Gasteiger partial charge in [0.25, 0.3) is 0 Å². The van der Waals surface area contributed by atoms with Crippen LogP contribution in [0, 0.1) is 0 Å². The first kappa shape index (κ1) is 10.7. The highest BCUT2D eigenvalue weighted by Gasteiger charge is 1.90. The third-order valence-electron chi connectivity index (χ3n) is 1.69. The molecule has 0 radical (unpaired) electrons. The third-order valence-corrected chi connectivity index (χ3v) is 1.69. The molecule has 0 aromatic rings. The summed E-state index contributed by atoms with van der Waals surface area (Å²) < 4.78 is 0. The second kappa shape index (κ2) is 7.80. The minimum absolute atomic E-state index is 1.01. The fourth-order valence-corrected chi connectivity index (χ4v) is 1.01. The van der Waals surface area contributed by atoms with Crippen LogP contribution in [0.5, 0.6) is 0 Å². The van der Waals surface area contributed by atoms with E-state index >= 15 is 0 Å². The average Bonchev–Trinajstić information content (AvgIpc) is 1.99. The van der Waals surface area contributed by atoms with Crippen LogP contribution in [0.1, 0.15) is 39.5 Å². The summed E-state index contributed by atoms with van der Waals surface area (Å²) in [5.41, 5.74) is 1.34. The Bertz CT molecular complexity index is 97.0. The molecule has 0 aliphatic heterocycles. The number of unbranched alkanes of at least 4 members (excludes halogenated alkanes) is 1. The zero-order chi connectivity index (χ0) is 8.53. The summed E-state index contributed by atoms with van der Waals surface area (Å²) in [6, 6.07) is 0. The molecule has 0 aliphatic rings. The maximum absolute atomic E-state index is 3.98. The monoisotopic (exact) mass is 155 g/mol. The van der Waals surface area contributed by atoms with E-state index in [1.54, 1.807) is 0 Å². The summed E-state index contributed by atoms with van der Waals surface area (Å²) in [6.45, 7) is 10.5. The molecule has 0 unspecified atom stereocenters. The van der Waals surface area contributed by atoms with Crippen LogP contribution in [0.3, 0.4) is 0 Å². The van der Waals surface area contributed by atoms with Crippen LogP contribution in [0.15, 0.2) is 12.2 Å². The van der Waals surface area contributed by atoms with Crippen molar-refractivity contribution in [2.24, 2.45) is 0 Å². The molecular formula is C10H21N. The minimum Gasteiger partial charge on any atom is -0.313 e. The van der Waals surface area contributed by atoms with E-state index in [2.05, 4.69) is 25.7 Å². The van der Waals surface area contributed by atoms with Gasteiger partial charge in [0.2, 0.25) is 0 Å². The molecule has 66 valence electrons. The van der Waals surface area contributed by atoms with Gasteiger partial charge in [-0.25, -0.2) is 0 Å². The summed E-state index contributed by atoms with van der Waals surface area (Å²) >= 11 is 0. The molecule has 0 aromatic heterocycles. The van der Waals surface area contributed by atoms with Gasteiger partial charge in [0.05, 0.1) is 0 Å². The van der Waals surface area contributed by atoms with Crippen LogP contribution in [-0.2, 0) is 0 Å². The maximum Gasteiger partial charge on any atom is 0.0161 e. The van der Waals surface area contributed by atoms with Gasteiger partial charge in [-0.1, -0.05) is 38.8 Å². The van der Waals surface area contributed by atoms with Crippen LogP contribution in [0.4, 0.5) is 0 Å². The molecule has 0 amide bonds. The fraction of sp³-hybridized carbons (Fsp3) is 0.800. The van der Waals surface area contributed by atoms with Crippen molar-refractivity contribution in [3.8, 4) is 0 Å². The first-order valence-corrected chi connectivity index (χ1v) is 4.68. The molecule has 0 spiro atoms. The van der Waals surface area contributed by atoms with E-state index < -0.39 is 0 Å². The molecule has 1 N–H and O–H groups in total. The van der Waals surface area contributed by atoms with Crippen molar-refractivity contribution >= 4 is 0 Å². The molecule has 0 fully saturated rings. The van der Waals surface area contributed by atoms with Gasteiger partial charge < -0.3 is 5.32 Å². The van der Waals surface area contributed by atoms with Crippen molar-refractivity contribution in [1.82, 2.24) is 5.32 Å². The van der Waals surface area contributed by atoms with Gasteiger partial charge in [-0.15, -0.1) is 0 Å². The molecule has 0 saturated carbocycles. The zero-order valence-electron chi connectivity index (χ0n) is 7.95. The second-order valence-corrected chi connectivity index (χ2v) is 3.03. The van der Waals surface area contributed by atoms with Gasteiger partial charge in [-0.2, -0.15) is 0 Å². The van der Waals surface area contributed by atoms with Crippen LogP contribution in [0.2, 0.25) is 0 Å². The quantitative estimate of drug-likeness (QED) is 0.440. The summed E-state index contributed by atoms with van der Waals surface area (Å²) in [4.78, 5) is 0. The van der Waals surface area contributed by atoms with Crippen LogP contribution in [0.25, 0.3) is 0 Å². The Kier molecular flexibility index (Phi) is 7.59. The summed E-state index contributed by atoms with van der Waals surface area (Å²) in [7, 11) is 0. The lowest BCUT2D eigenvalue weighted by atomic mass is 10.2. The Balaban J connectivity index is 3.04. The molecule has 0 saturated heterocycles. The lowest BCUT2D eigenvalue weighted by Crippen LogP contribution is -2.17. The standard InChI is InChI=1S/C10H21N/c1-4-6-8-11-9-10(3)7-5-2/h11H,3-9H2,1-2H3. The smallest absolute Gasteiger partial charge is 0.0161 e. The first-order chi connectivity index (χ1) is 5.31. The molecular weight excluding hydrogens is 134 g/mol. The molecule has 0 aromatic carbocycles. The summed E-state index contributed by atoms with van der Waals surface area (Å²) in [5, 5.41) is 3.37. The van der Waals surface area contributed by atoms with E-state index in [9.17, 15) is 0 Å². The lowest BCUT2D eigenvalue weighted by molar-refractivity contribution is 0.659. The van der Waals surface area contributed by atoms with Gasteiger partial charge in [0.15, 0.2) is 0 Å². The number of rotatable bonds is 7. The maximum atomic E-state index is 3.98. The second-order valence-electron chi connectivity index (χ2n) is 3.03. The highest BCUT2D eigenvalue weighted by atomic mass is 14.8. The van der Waals surface area contributed by atoms with Crippen LogP contribution in [-0.4, -0.2) is 13.1 Å². The Morgan fingerprint density at radius 3 is 2.55 bits per heavy atom. The van der Waals surface area contributed by atoms with Crippen LogP contribution >= 0.6 is 0 Å². The molecule has 0 atom stereocenters. The van der Waals surface area contributed by atoms with Crippen molar-refractivity contribution in [1.29, 1.82) is 0 Å². The zero-order valence-corrected chi connectivity index (χ0v) is 7.95. The predicted molar refractivity (Wildman–Crippen MR) is 51.8 cm³/mol. The Hall–Kier alpha value is -0.300. The highest BCUT2D eigenvalue weighted by Crippen LogP contribution is 1.98. The predicted octanol–water partition coefficient (Wildman–Crippen LogP) is 2.73. The highest BCUT2D eigenvalue weighted by molar-refractivity contribution is 4.95. The largest absolute Gasteiger partial charge is 0.313 e. The van der Waals surface area contributed by atoms with E-state index in [0.717, 1.165) is 13.1 Å². The molecule has 0 rings (SSSR count). The number of nitrogens with one attached hydrogen (secondary N) is 1. The number of hydrogen-bond donors (Lipinski definition) is 1. The molecule has 1 heteroatoms. The SMILES string of the molecule is C=C(CCC)CNCCCC. The van der Waals surface area contributed by atoms with Gasteiger partial charge in [0, 0.05) is 6.54 Å². The Morgan fingerprint density at radius 1 is 1.27 bits per heavy atom. The van der Waals surface area contributed by atoms with Crippen molar-refractivity contribution in [3.63, 3.8) is 0 Å². The molecule has 1 nitrogen and oxygen atoms in total. The first-order valence-electron chi connectivity index (χ1n) is 4.68. The van der Waals surface area contributed by atoms with E-state index in [4.69, 9.17) is 0 Å². The van der Waals surface area contributed by atoms with Crippen molar-refractivity contribution in [2.45, 2.75) is 39.5 Å². The van der Waals surface area contributed by atoms with Crippen molar-refractivity contribution < 1.29 is 0 Å².